The van der Waals surface area contributed by atoms with Crippen molar-refractivity contribution in [3.8, 4) is 5.75 Å². The smallest absolute Gasteiger partial charge is 0.237 e. The average molecular weight is 401 g/mol. The summed E-state index contributed by atoms with van der Waals surface area (Å²) in [5.74, 6) is 0.730. The molecule has 3 aromatic rings. The highest BCUT2D eigenvalue weighted by atomic mass is 32.2. The van der Waals surface area contributed by atoms with Crippen LogP contribution in [0.5, 0.6) is 5.75 Å². The van der Waals surface area contributed by atoms with E-state index < -0.39 is 0 Å². The maximum Gasteiger partial charge on any atom is 0.237 e. The monoisotopic (exact) mass is 400 g/mol. The summed E-state index contributed by atoms with van der Waals surface area (Å²) in [6.45, 7) is 3.85. The minimum Gasteiger partial charge on any atom is -0.497 e. The van der Waals surface area contributed by atoms with Gasteiger partial charge in [0.1, 0.15) is 5.75 Å². The van der Waals surface area contributed by atoms with Crippen molar-refractivity contribution >= 4 is 45.5 Å². The number of carbonyl (C=O) groups is 1. The topological polar surface area (TPSA) is 76.1 Å². The van der Waals surface area contributed by atoms with E-state index in [0.29, 0.717) is 5.13 Å². The van der Waals surface area contributed by atoms with E-state index in [0.717, 1.165) is 27.0 Å². The molecular weight excluding hydrogens is 380 g/mol. The van der Waals surface area contributed by atoms with Crippen LogP contribution in [0.2, 0.25) is 0 Å². The Hall–Kier alpha value is -2.58. The number of nitrogens with zero attached hydrogens (tertiary/aromatic N) is 2. The van der Waals surface area contributed by atoms with Gasteiger partial charge in [0, 0.05) is 11.4 Å². The summed E-state index contributed by atoms with van der Waals surface area (Å²) in [5.41, 5.74) is 2.80. The molecule has 3 rings (SSSR count). The van der Waals surface area contributed by atoms with Crippen LogP contribution in [-0.2, 0) is 4.79 Å². The number of amides is 1. The molecule has 0 aliphatic rings. The minimum atomic E-state index is -0.285. The van der Waals surface area contributed by atoms with Crippen molar-refractivity contribution in [2.45, 2.75) is 23.4 Å². The van der Waals surface area contributed by atoms with Crippen molar-refractivity contribution in [1.29, 1.82) is 0 Å². The average Bonchev–Trinajstić information content (AvgIpc) is 3.09. The highest BCUT2D eigenvalue weighted by Gasteiger charge is 2.17. The van der Waals surface area contributed by atoms with Crippen molar-refractivity contribution < 1.29 is 9.53 Å². The maximum absolute atomic E-state index is 12.4. The largest absolute Gasteiger partial charge is 0.497 e. The van der Waals surface area contributed by atoms with Gasteiger partial charge in [-0.1, -0.05) is 35.2 Å². The molecule has 0 aliphatic carbocycles. The van der Waals surface area contributed by atoms with Crippen molar-refractivity contribution in [3.63, 3.8) is 0 Å². The van der Waals surface area contributed by atoms with Gasteiger partial charge in [-0.05, 0) is 55.8 Å². The molecule has 0 aliphatic heterocycles. The molecule has 0 radical (unpaired) electrons. The Balaban J connectivity index is 1.56. The second-order valence-corrected chi connectivity index (χ2v) is 8.41. The third-order valence-electron chi connectivity index (χ3n) is 3.68. The lowest BCUT2D eigenvalue weighted by molar-refractivity contribution is -0.115. The quantitative estimate of drug-likeness (QED) is 0.559. The highest BCUT2D eigenvalue weighted by molar-refractivity contribution is 8.02. The van der Waals surface area contributed by atoms with Crippen molar-refractivity contribution in [3.05, 3.63) is 54.1 Å². The lowest BCUT2D eigenvalue weighted by Crippen LogP contribution is -2.22. The van der Waals surface area contributed by atoms with Gasteiger partial charge in [0.25, 0.3) is 0 Å². The van der Waals surface area contributed by atoms with Gasteiger partial charge in [-0.15, -0.1) is 10.2 Å². The molecule has 0 saturated heterocycles. The molecule has 0 unspecified atom stereocenters. The first-order valence-electron chi connectivity index (χ1n) is 8.32. The fraction of sp³-hybridized carbons (Fsp3) is 0.211. The Morgan fingerprint density at radius 1 is 1.15 bits per heavy atom. The van der Waals surface area contributed by atoms with E-state index in [9.17, 15) is 4.79 Å². The van der Waals surface area contributed by atoms with Crippen LogP contribution in [0.3, 0.4) is 0 Å². The van der Waals surface area contributed by atoms with Crippen LogP contribution in [0.25, 0.3) is 0 Å². The van der Waals surface area contributed by atoms with Gasteiger partial charge in [0.2, 0.25) is 11.0 Å². The molecule has 140 valence electrons. The van der Waals surface area contributed by atoms with E-state index >= 15 is 0 Å². The Morgan fingerprint density at radius 2 is 1.93 bits per heavy atom. The molecule has 1 amide bonds. The molecule has 2 aromatic carbocycles. The number of nitrogens with one attached hydrogen (secondary N) is 2. The molecule has 0 saturated carbocycles. The van der Waals surface area contributed by atoms with Gasteiger partial charge in [0.15, 0.2) is 4.34 Å². The fourth-order valence-electron chi connectivity index (χ4n) is 2.28. The Bertz CT molecular complexity index is 912. The number of anilines is 3. The van der Waals surface area contributed by atoms with E-state index in [2.05, 4.69) is 20.8 Å². The Labute approximate surface area is 166 Å². The summed E-state index contributed by atoms with van der Waals surface area (Å²) in [7, 11) is 1.63. The number of benzene rings is 2. The zero-order valence-corrected chi connectivity index (χ0v) is 16.9. The molecule has 8 heteroatoms. The van der Waals surface area contributed by atoms with Crippen LogP contribution in [-0.4, -0.2) is 28.5 Å². The van der Waals surface area contributed by atoms with Gasteiger partial charge in [-0.3, -0.25) is 4.79 Å². The summed E-state index contributed by atoms with van der Waals surface area (Å²) < 4.78 is 5.88. The number of methoxy groups -OCH3 is 1. The van der Waals surface area contributed by atoms with Gasteiger partial charge < -0.3 is 15.4 Å². The number of hydrogen-bond donors (Lipinski definition) is 2. The number of ether oxygens (including phenoxy) is 1. The second-order valence-electron chi connectivity index (χ2n) is 5.85. The van der Waals surface area contributed by atoms with Gasteiger partial charge in [-0.25, -0.2) is 0 Å². The summed E-state index contributed by atoms with van der Waals surface area (Å²) >= 11 is 2.80. The van der Waals surface area contributed by atoms with E-state index in [4.69, 9.17) is 4.74 Å². The summed E-state index contributed by atoms with van der Waals surface area (Å²) in [4.78, 5) is 12.4. The zero-order valence-electron chi connectivity index (χ0n) is 15.2. The van der Waals surface area contributed by atoms with Gasteiger partial charge in [-0.2, -0.15) is 0 Å². The number of aromatic nitrogens is 2. The summed E-state index contributed by atoms with van der Waals surface area (Å²) in [6.07, 6.45) is 0. The normalized spacial score (nSPS) is 11.7. The summed E-state index contributed by atoms with van der Waals surface area (Å²) in [5, 5.41) is 14.8. The SMILES string of the molecule is COc1ccc(Nc2nnc(S[C@H](C)C(=O)Nc3cccc(C)c3)s2)cc1. The molecular formula is C19H20N4O2S2. The maximum atomic E-state index is 12.4. The van der Waals surface area contributed by atoms with E-state index in [-0.39, 0.29) is 11.2 Å². The van der Waals surface area contributed by atoms with Crippen molar-refractivity contribution in [1.82, 2.24) is 10.2 Å². The molecule has 0 bridgehead atoms. The van der Waals surface area contributed by atoms with Gasteiger partial charge >= 0.3 is 0 Å². The van der Waals surface area contributed by atoms with Crippen LogP contribution in [0.15, 0.2) is 52.9 Å². The van der Waals surface area contributed by atoms with Crippen molar-refractivity contribution in [2.24, 2.45) is 0 Å². The molecule has 1 aromatic heterocycles. The number of hydrogen-bond acceptors (Lipinski definition) is 7. The first-order valence-corrected chi connectivity index (χ1v) is 10.0. The molecule has 0 spiro atoms. The number of aryl methyl sites for hydroxylation is 1. The van der Waals surface area contributed by atoms with Crippen LogP contribution in [0.4, 0.5) is 16.5 Å². The number of rotatable bonds is 7. The lowest BCUT2D eigenvalue weighted by atomic mass is 10.2. The molecule has 27 heavy (non-hydrogen) atoms. The number of thioether (sulfide) groups is 1. The van der Waals surface area contributed by atoms with E-state index in [1.54, 1.807) is 7.11 Å². The minimum absolute atomic E-state index is 0.0644. The lowest BCUT2D eigenvalue weighted by Gasteiger charge is -2.10. The molecule has 1 atom stereocenters. The first-order chi connectivity index (χ1) is 13.0. The highest BCUT2D eigenvalue weighted by Crippen LogP contribution is 2.31. The standard InChI is InChI=1S/C19H20N4O2S2/c1-12-5-4-6-15(11-12)20-17(24)13(2)26-19-23-22-18(27-19)21-14-7-9-16(25-3)10-8-14/h4-11,13H,1-3H3,(H,20,24)(H,21,22)/t13-/m1/s1. The van der Waals surface area contributed by atoms with Crippen molar-refractivity contribution in [2.75, 3.05) is 17.7 Å². The molecule has 6 nitrogen and oxygen atoms in total. The molecule has 2 N–H and O–H groups in total. The Morgan fingerprint density at radius 3 is 2.63 bits per heavy atom. The Kier molecular flexibility index (Phi) is 6.31. The third kappa shape index (κ3) is 5.45. The van der Waals surface area contributed by atoms with Crippen LogP contribution in [0, 0.1) is 6.92 Å². The van der Waals surface area contributed by atoms with Gasteiger partial charge in [0.05, 0.1) is 12.4 Å². The first kappa shape index (κ1) is 19.2. The fourth-order valence-corrected chi connectivity index (χ4v) is 4.19. The summed E-state index contributed by atoms with van der Waals surface area (Å²) in [6, 6.07) is 15.3. The predicted octanol–water partition coefficient (Wildman–Crippen LogP) is 4.72. The van der Waals surface area contributed by atoms with Crippen LogP contribution >= 0.6 is 23.1 Å². The zero-order chi connectivity index (χ0) is 19.2. The van der Waals surface area contributed by atoms with E-state index in [1.807, 2.05) is 62.4 Å². The number of carbonyl (C=O) groups excluding carboxylic acids is 1. The molecule has 1 heterocycles. The third-order valence-corrected chi connectivity index (χ3v) is 5.70. The van der Waals surface area contributed by atoms with Crippen LogP contribution < -0.4 is 15.4 Å². The van der Waals surface area contributed by atoms with Crippen LogP contribution in [0.1, 0.15) is 12.5 Å². The molecule has 0 fully saturated rings. The van der Waals surface area contributed by atoms with E-state index in [1.165, 1.54) is 23.1 Å². The second kappa shape index (κ2) is 8.88. The predicted molar refractivity (Wildman–Crippen MR) is 111 cm³/mol.